The molecule has 12 rings (SSSR count). The van der Waals surface area contributed by atoms with Crippen molar-refractivity contribution in [3.63, 3.8) is 0 Å². The maximum absolute atomic E-state index is 13.4. The standard InChI is InChI=1S/C36H37ClF2N10O5S.C34H38ClN11O6S/c1-46-19-24(16-26(46)32(51)40-11-14-49-12-9-36(38,39)10-13-49)43-33(52)27-17-23(18-47(27)2)42-31(50)21-4-6-22(7-5-21)41-35(54)30-44-28(20-48(30)3)45-34(53)29-25(37)8-15-55-29;1-42-16-20(13-24(42)30(47)36-6-7-46-8-10-52-11-9-46)37-31(48)25-15-22(18-43(25)2)39-34(51)29-40-27(19-45(29)4)41-32(49)26-14-21(17-44(26)3)38-33(50)28-23(35)5-12-53-28/h4-8,15-20H,9-14H2,1-3H3,(H,40,51)(H,41,54)(H,42,50)(H,43,52)(H,45,53);5,12-19H,6-11H2,1-4H3,(H,36,47)(H,37,48)(H,38,50)(H,39,51)(H,41,49). The van der Waals surface area contributed by atoms with Crippen LogP contribution in [0.2, 0.25) is 10.0 Å². The van der Waals surface area contributed by atoms with E-state index in [1.807, 2.05) is 4.90 Å². The number of aromatic nitrogens is 9. The van der Waals surface area contributed by atoms with Crippen molar-refractivity contribution in [2.24, 2.45) is 49.3 Å². The molecule has 10 N–H and O–H groups in total. The molecule has 566 valence electrons. The zero-order chi connectivity index (χ0) is 77.3. The van der Waals surface area contributed by atoms with Crippen molar-refractivity contribution in [2.45, 2.75) is 18.8 Å². The number of hydrogen-bond acceptors (Lipinski definition) is 17. The summed E-state index contributed by atoms with van der Waals surface area (Å²) < 4.78 is 42.9. The number of likely N-dealkylation sites (tertiary alicyclic amines) is 1. The zero-order valence-electron chi connectivity index (χ0n) is 59.3. The Balaban J connectivity index is 0.000000215. The molecule has 0 atom stereocenters. The van der Waals surface area contributed by atoms with Crippen LogP contribution in [0.25, 0.3) is 0 Å². The van der Waals surface area contributed by atoms with E-state index in [0.29, 0.717) is 98.2 Å². The Morgan fingerprint density at radius 3 is 1.14 bits per heavy atom. The van der Waals surface area contributed by atoms with Crippen molar-refractivity contribution in [2.75, 3.05) is 108 Å². The second kappa shape index (κ2) is 33.9. The molecule has 108 heavy (non-hydrogen) atoms. The lowest BCUT2D eigenvalue weighted by Crippen LogP contribution is -2.43. The van der Waals surface area contributed by atoms with Gasteiger partial charge in [-0.2, -0.15) is 0 Å². The Kier molecular flexibility index (Phi) is 24.4. The van der Waals surface area contributed by atoms with E-state index in [2.05, 4.69) is 68.0 Å². The molecule has 0 saturated carbocycles. The number of carbonyl (C=O) groups excluding carboxylic acids is 10. The number of halogens is 4. The second-order valence-corrected chi connectivity index (χ2v) is 28.0. The molecule has 2 aliphatic rings. The van der Waals surface area contributed by atoms with Crippen LogP contribution in [0.4, 0.5) is 54.5 Å². The van der Waals surface area contributed by atoms with Gasteiger partial charge in [-0.3, -0.25) is 52.8 Å². The molecular weight excluding hydrogens is 1480 g/mol. The zero-order valence-corrected chi connectivity index (χ0v) is 62.4. The van der Waals surface area contributed by atoms with Crippen molar-refractivity contribution in [3.8, 4) is 0 Å². The van der Waals surface area contributed by atoms with Gasteiger partial charge in [0.1, 0.15) is 38.2 Å². The molecule has 0 unspecified atom stereocenters. The van der Waals surface area contributed by atoms with E-state index in [9.17, 15) is 56.7 Å². The maximum Gasteiger partial charge on any atom is 0.291 e. The Hall–Kier alpha value is -11.5. The molecule has 38 heteroatoms. The van der Waals surface area contributed by atoms with Crippen LogP contribution in [-0.2, 0) is 54.1 Å². The lowest BCUT2D eigenvalue weighted by molar-refractivity contribution is -0.0547. The van der Waals surface area contributed by atoms with Crippen LogP contribution in [0.5, 0.6) is 0 Å². The van der Waals surface area contributed by atoms with Gasteiger partial charge in [-0.1, -0.05) is 23.2 Å². The molecule has 0 aliphatic carbocycles. The molecule has 0 spiro atoms. The SMILES string of the molecule is Cn1cc(NC(=O)c2cc(NC(=O)c3ccc(NC(=O)c4nc(NC(=O)c5sccc5Cl)cn4C)cc3)cn2C)cc1C(=O)NCCN1CCC(F)(F)CC1.Cn1cc(NC(=O)c2cc(NC(=O)c3nc(NC(=O)c4cc(NC(=O)c5sccc5Cl)cn4C)cn3C)cn2C)cc1C(=O)NCCN1CCOCC1. The summed E-state index contributed by atoms with van der Waals surface area (Å²) >= 11 is 14.5. The molecule has 2 fully saturated rings. The summed E-state index contributed by atoms with van der Waals surface area (Å²) in [5, 5.41) is 31.6. The number of morpholine rings is 1. The summed E-state index contributed by atoms with van der Waals surface area (Å²) in [6, 6.07) is 17.0. The number of ether oxygens (including phenoxy) is 1. The van der Waals surface area contributed by atoms with Gasteiger partial charge >= 0.3 is 0 Å². The number of imidazole rings is 2. The third-order valence-electron chi connectivity index (χ3n) is 17.3. The minimum Gasteiger partial charge on any atom is -0.379 e. The fraction of sp³-hybridized carbons (Fsp3) is 0.286. The number of rotatable bonds is 24. The Bertz CT molecular complexity index is 5060. The number of anilines is 8. The number of carbonyl (C=O) groups is 10. The third-order valence-corrected chi connectivity index (χ3v) is 20.0. The highest BCUT2D eigenvalue weighted by Crippen LogP contribution is 2.29. The fourth-order valence-electron chi connectivity index (χ4n) is 11.7. The second-order valence-electron chi connectivity index (χ2n) is 25.3. The minimum atomic E-state index is -2.63. The lowest BCUT2D eigenvalue weighted by Gasteiger charge is -2.31. The monoisotopic (exact) mass is 1560 g/mol. The topological polar surface area (TPSA) is 367 Å². The Morgan fingerprint density at radius 2 is 0.741 bits per heavy atom. The summed E-state index contributed by atoms with van der Waals surface area (Å²) in [6.07, 6.45) is 10.6. The first kappa shape index (κ1) is 77.6. The quantitative estimate of drug-likeness (QED) is 0.0271. The number of aryl methyl sites for hydroxylation is 7. The molecule has 0 bridgehead atoms. The van der Waals surface area contributed by atoms with Crippen LogP contribution in [0.3, 0.4) is 0 Å². The summed E-state index contributed by atoms with van der Waals surface area (Å²) in [6.45, 7) is 5.54. The summed E-state index contributed by atoms with van der Waals surface area (Å²) in [5.74, 6) is -6.75. The molecule has 2 saturated heterocycles. The van der Waals surface area contributed by atoms with E-state index < -0.39 is 53.2 Å². The number of nitrogens with one attached hydrogen (secondary N) is 10. The first-order valence-corrected chi connectivity index (χ1v) is 36.0. The highest BCUT2D eigenvalue weighted by atomic mass is 35.5. The fourth-order valence-corrected chi connectivity index (χ4v) is 13.7. The van der Waals surface area contributed by atoms with Gasteiger partial charge in [0.2, 0.25) is 11.6 Å². The van der Waals surface area contributed by atoms with Crippen molar-refractivity contribution in [3.05, 3.63) is 186 Å². The van der Waals surface area contributed by atoms with Gasteiger partial charge in [-0.25, -0.2) is 18.7 Å². The van der Waals surface area contributed by atoms with Crippen LogP contribution < -0.4 is 53.2 Å². The van der Waals surface area contributed by atoms with Crippen LogP contribution >= 0.6 is 45.9 Å². The number of hydrogen-bond donors (Lipinski definition) is 10. The van der Waals surface area contributed by atoms with E-state index in [0.717, 1.165) is 19.6 Å². The smallest absolute Gasteiger partial charge is 0.291 e. The van der Waals surface area contributed by atoms with E-state index in [-0.39, 0.29) is 83.7 Å². The average molecular weight is 1560 g/mol. The Labute approximate surface area is 633 Å². The minimum absolute atomic E-state index is 0.00264. The number of thiophene rings is 2. The van der Waals surface area contributed by atoms with Gasteiger partial charge in [-0.05, 0) is 77.5 Å². The van der Waals surface area contributed by atoms with Crippen molar-refractivity contribution < 1.29 is 61.5 Å². The maximum atomic E-state index is 13.4. The highest BCUT2D eigenvalue weighted by molar-refractivity contribution is 7.13. The van der Waals surface area contributed by atoms with Gasteiger partial charge in [-0.15, -0.1) is 22.7 Å². The molecule has 0 radical (unpaired) electrons. The number of benzene rings is 1. The molecule has 11 heterocycles. The molecule has 1 aromatic carbocycles. The van der Waals surface area contributed by atoms with Gasteiger partial charge in [0.05, 0.1) is 51.7 Å². The first-order valence-electron chi connectivity index (χ1n) is 33.4. The largest absolute Gasteiger partial charge is 0.379 e. The van der Waals surface area contributed by atoms with Gasteiger partial charge < -0.3 is 94.8 Å². The normalized spacial score (nSPS) is 13.5. The van der Waals surface area contributed by atoms with Gasteiger partial charge in [0.15, 0.2) is 11.6 Å². The summed E-state index contributed by atoms with van der Waals surface area (Å²) in [4.78, 5) is 143. The predicted octanol–water partition coefficient (Wildman–Crippen LogP) is 8.50. The number of nitrogens with zero attached hydrogens (tertiary/aromatic N) is 11. The first-order chi connectivity index (χ1) is 51.5. The van der Waals surface area contributed by atoms with Gasteiger partial charge in [0.25, 0.3) is 65.0 Å². The average Bonchev–Trinajstić information content (AvgIpc) is 1.67. The van der Waals surface area contributed by atoms with E-state index in [1.165, 1.54) is 80.6 Å². The molecule has 10 aromatic rings. The van der Waals surface area contributed by atoms with Crippen LogP contribution in [-0.4, -0.2) is 182 Å². The summed E-state index contributed by atoms with van der Waals surface area (Å²) in [7, 11) is 11.6. The van der Waals surface area contributed by atoms with E-state index >= 15 is 0 Å². The number of amides is 10. The Morgan fingerprint density at radius 1 is 0.407 bits per heavy atom. The summed E-state index contributed by atoms with van der Waals surface area (Å²) in [5.41, 5.74) is 4.02. The van der Waals surface area contributed by atoms with Crippen molar-refractivity contribution >= 4 is 151 Å². The molecule has 9 aromatic heterocycles. The number of piperidine rings is 1. The van der Waals surface area contributed by atoms with Crippen LogP contribution in [0.1, 0.15) is 116 Å². The number of alkyl halides is 2. The lowest BCUT2D eigenvalue weighted by atomic mass is 10.1. The molecule has 32 nitrogen and oxygen atoms in total. The molecule has 10 amide bonds. The van der Waals surface area contributed by atoms with E-state index in [4.69, 9.17) is 27.9 Å². The highest BCUT2D eigenvalue weighted by Gasteiger charge is 2.34. The predicted molar refractivity (Wildman–Crippen MR) is 405 cm³/mol. The molecular formula is C70H75Cl2F2N21O11S2. The van der Waals surface area contributed by atoms with Gasteiger partial charge in [0, 0.05) is 169 Å². The third kappa shape index (κ3) is 19.4. The van der Waals surface area contributed by atoms with E-state index in [1.54, 1.807) is 144 Å². The van der Waals surface area contributed by atoms with Crippen molar-refractivity contribution in [1.29, 1.82) is 0 Å². The van der Waals surface area contributed by atoms with Crippen molar-refractivity contribution in [1.82, 2.24) is 62.4 Å². The van der Waals surface area contributed by atoms with Crippen LogP contribution in [0.15, 0.2) is 121 Å². The molecule has 2 aliphatic heterocycles. The van der Waals surface area contributed by atoms with Crippen LogP contribution in [0, 0.1) is 0 Å².